The summed E-state index contributed by atoms with van der Waals surface area (Å²) in [6.07, 6.45) is 4.40. The molecule has 0 bridgehead atoms. The van der Waals surface area contributed by atoms with Crippen molar-refractivity contribution < 1.29 is 24.5 Å². The lowest BCUT2D eigenvalue weighted by atomic mass is 10.1. The SMILES string of the molecule is COc1cc(C(=O)O)nc(-c2csc(CCCCCC(C)O)n2)c1OC. The zero-order chi connectivity index (χ0) is 19.1. The average molecular weight is 380 g/mol. The van der Waals surface area contributed by atoms with Gasteiger partial charge in [-0.3, -0.25) is 0 Å². The first-order valence-electron chi connectivity index (χ1n) is 8.45. The summed E-state index contributed by atoms with van der Waals surface area (Å²) in [5.74, 6) is -0.463. The Kier molecular flexibility index (Phi) is 7.35. The lowest BCUT2D eigenvalue weighted by Crippen LogP contribution is -2.05. The summed E-state index contributed by atoms with van der Waals surface area (Å²) < 4.78 is 10.6. The van der Waals surface area contributed by atoms with Crippen LogP contribution in [0.4, 0.5) is 0 Å². The average Bonchev–Trinajstić information content (AvgIpc) is 3.08. The Hall–Kier alpha value is -2.19. The Bertz CT molecular complexity index is 745. The van der Waals surface area contributed by atoms with Gasteiger partial charge in [0.05, 0.1) is 25.3 Å². The number of carboxylic acid groups (broad SMARTS) is 1. The largest absolute Gasteiger partial charge is 0.493 e. The first kappa shape index (κ1) is 20.1. The molecule has 0 amide bonds. The fourth-order valence-corrected chi connectivity index (χ4v) is 3.39. The number of thiazole rings is 1. The molecule has 0 fully saturated rings. The van der Waals surface area contributed by atoms with Crippen molar-refractivity contribution in [1.29, 1.82) is 0 Å². The van der Waals surface area contributed by atoms with Crippen LogP contribution in [-0.4, -0.2) is 46.5 Å². The number of aliphatic hydroxyl groups is 1. The molecule has 0 radical (unpaired) electrons. The predicted octanol–water partition coefficient (Wildman–Crippen LogP) is 3.40. The van der Waals surface area contributed by atoms with E-state index in [1.54, 1.807) is 6.92 Å². The summed E-state index contributed by atoms with van der Waals surface area (Å²) in [5, 5.41) is 21.3. The van der Waals surface area contributed by atoms with E-state index in [4.69, 9.17) is 9.47 Å². The van der Waals surface area contributed by atoms with Crippen molar-refractivity contribution in [3.05, 3.63) is 22.1 Å². The van der Waals surface area contributed by atoms with Crippen LogP contribution in [0.1, 0.15) is 48.1 Å². The number of ether oxygens (including phenoxy) is 2. The smallest absolute Gasteiger partial charge is 0.354 e. The van der Waals surface area contributed by atoms with E-state index in [9.17, 15) is 15.0 Å². The van der Waals surface area contributed by atoms with Gasteiger partial charge in [0.25, 0.3) is 0 Å². The Balaban J connectivity index is 2.17. The highest BCUT2D eigenvalue weighted by Gasteiger charge is 2.20. The molecule has 26 heavy (non-hydrogen) atoms. The number of carbonyl (C=O) groups is 1. The molecule has 7 nitrogen and oxygen atoms in total. The van der Waals surface area contributed by atoms with Crippen molar-refractivity contribution in [2.24, 2.45) is 0 Å². The fraction of sp³-hybridized carbons (Fsp3) is 0.500. The summed E-state index contributed by atoms with van der Waals surface area (Å²) in [6, 6.07) is 1.33. The van der Waals surface area contributed by atoms with Gasteiger partial charge in [-0.05, 0) is 26.2 Å². The number of unbranched alkanes of at least 4 members (excludes halogenated alkanes) is 2. The lowest BCUT2D eigenvalue weighted by Gasteiger charge is -2.11. The van der Waals surface area contributed by atoms with Gasteiger partial charge in [-0.1, -0.05) is 12.8 Å². The maximum atomic E-state index is 11.3. The van der Waals surface area contributed by atoms with Crippen LogP contribution in [0.25, 0.3) is 11.4 Å². The molecule has 2 rings (SSSR count). The maximum absolute atomic E-state index is 11.3. The summed E-state index contributed by atoms with van der Waals surface area (Å²) in [5.41, 5.74) is 0.818. The molecule has 0 saturated carbocycles. The zero-order valence-electron chi connectivity index (χ0n) is 15.2. The number of rotatable bonds is 10. The monoisotopic (exact) mass is 380 g/mol. The zero-order valence-corrected chi connectivity index (χ0v) is 16.0. The van der Waals surface area contributed by atoms with Crippen molar-refractivity contribution >= 4 is 17.3 Å². The summed E-state index contributed by atoms with van der Waals surface area (Å²) in [6.45, 7) is 1.80. The molecule has 0 spiro atoms. The minimum absolute atomic E-state index is 0.120. The van der Waals surface area contributed by atoms with Crippen LogP contribution in [0.2, 0.25) is 0 Å². The number of methoxy groups -OCH3 is 2. The number of aryl methyl sites for hydroxylation is 1. The van der Waals surface area contributed by atoms with E-state index < -0.39 is 5.97 Å². The molecule has 8 heteroatoms. The summed E-state index contributed by atoms with van der Waals surface area (Å²) in [4.78, 5) is 20.1. The molecule has 2 N–H and O–H groups in total. The molecule has 0 aliphatic carbocycles. The molecule has 2 aromatic heterocycles. The van der Waals surface area contributed by atoms with E-state index in [1.165, 1.54) is 31.6 Å². The molecule has 142 valence electrons. The van der Waals surface area contributed by atoms with E-state index in [2.05, 4.69) is 9.97 Å². The Morgan fingerprint density at radius 3 is 2.62 bits per heavy atom. The molecule has 2 aromatic rings. The van der Waals surface area contributed by atoms with Gasteiger partial charge in [-0.25, -0.2) is 14.8 Å². The number of hydrogen-bond acceptors (Lipinski definition) is 7. The number of nitrogens with zero attached hydrogens (tertiary/aromatic N) is 2. The van der Waals surface area contributed by atoms with Crippen LogP contribution in [0.15, 0.2) is 11.4 Å². The van der Waals surface area contributed by atoms with Crippen LogP contribution >= 0.6 is 11.3 Å². The number of pyridine rings is 1. The van der Waals surface area contributed by atoms with Crippen LogP contribution in [0.3, 0.4) is 0 Å². The van der Waals surface area contributed by atoms with Gasteiger partial charge in [0, 0.05) is 11.4 Å². The normalized spacial score (nSPS) is 12.0. The minimum Gasteiger partial charge on any atom is -0.493 e. The van der Waals surface area contributed by atoms with Crippen molar-refractivity contribution in [2.75, 3.05) is 14.2 Å². The maximum Gasteiger partial charge on any atom is 0.354 e. The molecular formula is C18H24N2O5S. The van der Waals surface area contributed by atoms with Gasteiger partial charge in [0.1, 0.15) is 11.4 Å². The number of aliphatic hydroxyl groups excluding tert-OH is 1. The molecule has 0 aliphatic rings. The van der Waals surface area contributed by atoms with Crippen molar-refractivity contribution in [3.63, 3.8) is 0 Å². The van der Waals surface area contributed by atoms with Crippen molar-refractivity contribution in [1.82, 2.24) is 9.97 Å². The van der Waals surface area contributed by atoms with E-state index in [1.807, 2.05) is 5.38 Å². The van der Waals surface area contributed by atoms with Crippen LogP contribution in [0.5, 0.6) is 11.5 Å². The Labute approximate surface area is 156 Å². The van der Waals surface area contributed by atoms with Crippen molar-refractivity contribution in [2.45, 2.75) is 45.1 Å². The highest BCUT2D eigenvalue weighted by molar-refractivity contribution is 7.09. The standard InChI is InChI=1S/C18H24N2O5S/c1-11(21)7-5-4-6-8-15-19-13(10-26-15)16-17(25-3)14(24-2)9-12(20-16)18(22)23/h9-11,21H,4-8H2,1-3H3,(H,22,23). The van der Waals surface area contributed by atoms with Crippen molar-refractivity contribution in [3.8, 4) is 22.9 Å². The molecule has 2 heterocycles. The second-order valence-corrected chi connectivity index (χ2v) is 6.91. The topological polar surface area (TPSA) is 102 Å². The van der Waals surface area contributed by atoms with E-state index in [0.717, 1.165) is 37.1 Å². The Morgan fingerprint density at radius 1 is 1.23 bits per heavy atom. The third-order valence-electron chi connectivity index (χ3n) is 3.89. The van der Waals surface area contributed by atoms with E-state index in [0.29, 0.717) is 22.9 Å². The third-order valence-corrected chi connectivity index (χ3v) is 4.80. The molecule has 1 unspecified atom stereocenters. The van der Waals surface area contributed by atoms with Gasteiger partial charge in [-0.2, -0.15) is 0 Å². The highest BCUT2D eigenvalue weighted by atomic mass is 32.1. The van der Waals surface area contributed by atoms with Gasteiger partial charge < -0.3 is 19.7 Å². The Morgan fingerprint density at radius 2 is 2.00 bits per heavy atom. The van der Waals surface area contributed by atoms with Gasteiger partial charge in [-0.15, -0.1) is 11.3 Å². The molecule has 0 aliphatic heterocycles. The number of hydrogen-bond donors (Lipinski definition) is 2. The molecular weight excluding hydrogens is 356 g/mol. The number of aromatic nitrogens is 2. The van der Waals surface area contributed by atoms with Crippen LogP contribution < -0.4 is 9.47 Å². The second kappa shape index (κ2) is 9.49. The van der Waals surface area contributed by atoms with Gasteiger partial charge in [0.15, 0.2) is 17.2 Å². The van der Waals surface area contributed by atoms with Gasteiger partial charge >= 0.3 is 5.97 Å². The first-order chi connectivity index (χ1) is 12.5. The second-order valence-electron chi connectivity index (χ2n) is 5.97. The fourth-order valence-electron chi connectivity index (χ4n) is 2.57. The molecule has 0 saturated heterocycles. The van der Waals surface area contributed by atoms with Crippen LogP contribution in [-0.2, 0) is 6.42 Å². The third kappa shape index (κ3) is 5.15. The number of carboxylic acids is 1. The summed E-state index contributed by atoms with van der Waals surface area (Å²) in [7, 11) is 2.94. The van der Waals surface area contributed by atoms with E-state index in [-0.39, 0.29) is 11.8 Å². The summed E-state index contributed by atoms with van der Waals surface area (Å²) >= 11 is 1.51. The minimum atomic E-state index is -1.14. The molecule has 0 aromatic carbocycles. The predicted molar refractivity (Wildman–Crippen MR) is 99.3 cm³/mol. The molecule has 1 atom stereocenters. The highest BCUT2D eigenvalue weighted by Crippen LogP contribution is 2.37. The van der Waals surface area contributed by atoms with E-state index >= 15 is 0 Å². The lowest BCUT2D eigenvalue weighted by molar-refractivity contribution is 0.0690. The number of aromatic carboxylic acids is 1. The van der Waals surface area contributed by atoms with Gasteiger partial charge in [0.2, 0.25) is 0 Å². The first-order valence-corrected chi connectivity index (χ1v) is 9.33. The quantitative estimate of drug-likeness (QED) is 0.609. The van der Waals surface area contributed by atoms with Crippen LogP contribution in [0, 0.1) is 0 Å².